The fourth-order valence-electron chi connectivity index (χ4n) is 5.59. The van der Waals surface area contributed by atoms with Gasteiger partial charge in [0.2, 0.25) is 0 Å². The molecule has 5 fully saturated rings. The fraction of sp³-hybridized carbons (Fsp3) is 0.812. The SMILES string of the molecule is C=CC(=O)OC1(C2CC2)C2CC3CC(C2)CC1C3. The Morgan fingerprint density at radius 1 is 1.00 bits per heavy atom. The molecule has 0 atom stereocenters. The maximum absolute atomic E-state index is 11.8. The van der Waals surface area contributed by atoms with Crippen LogP contribution in [-0.2, 0) is 9.53 Å². The summed E-state index contributed by atoms with van der Waals surface area (Å²) in [6, 6.07) is 0. The molecule has 0 unspecified atom stereocenters. The second-order valence-corrected chi connectivity index (χ2v) is 7.06. The third kappa shape index (κ3) is 1.38. The van der Waals surface area contributed by atoms with Crippen LogP contribution in [0.1, 0.15) is 44.9 Å². The minimum absolute atomic E-state index is 0.0846. The number of esters is 1. The highest BCUT2D eigenvalue weighted by atomic mass is 16.6. The van der Waals surface area contributed by atoms with Gasteiger partial charge in [-0.2, -0.15) is 0 Å². The van der Waals surface area contributed by atoms with E-state index in [1.807, 2.05) is 0 Å². The Hall–Kier alpha value is -0.790. The summed E-state index contributed by atoms with van der Waals surface area (Å²) in [5.74, 6) is 3.66. The molecule has 5 saturated carbocycles. The zero-order valence-electron chi connectivity index (χ0n) is 10.9. The van der Waals surface area contributed by atoms with Crippen molar-refractivity contribution >= 4 is 5.97 Å². The molecule has 5 rings (SSSR count). The standard InChI is InChI=1S/C16H22O2/c1-2-15(17)18-16(12-3-4-12)13-6-10-5-11(8-13)9-14(16)7-10/h2,10-14H,1,3-9H2. The van der Waals surface area contributed by atoms with E-state index in [9.17, 15) is 4.79 Å². The van der Waals surface area contributed by atoms with Gasteiger partial charge in [-0.15, -0.1) is 0 Å². The average Bonchev–Trinajstić information content (AvgIpc) is 3.17. The number of carbonyl (C=O) groups is 1. The first-order chi connectivity index (χ1) is 8.72. The quantitative estimate of drug-likeness (QED) is 0.564. The van der Waals surface area contributed by atoms with Gasteiger partial charge < -0.3 is 4.74 Å². The van der Waals surface area contributed by atoms with Gasteiger partial charge in [0.25, 0.3) is 0 Å². The Bertz CT molecular complexity index is 366. The number of rotatable bonds is 3. The van der Waals surface area contributed by atoms with Gasteiger partial charge in [-0.25, -0.2) is 4.79 Å². The van der Waals surface area contributed by atoms with Crippen molar-refractivity contribution in [2.75, 3.05) is 0 Å². The molecule has 0 aliphatic heterocycles. The van der Waals surface area contributed by atoms with Gasteiger partial charge in [0.1, 0.15) is 5.60 Å². The van der Waals surface area contributed by atoms with E-state index in [1.54, 1.807) is 0 Å². The molecule has 0 saturated heterocycles. The fourth-order valence-corrected chi connectivity index (χ4v) is 5.59. The zero-order valence-corrected chi connectivity index (χ0v) is 10.9. The molecule has 0 aromatic heterocycles. The highest BCUT2D eigenvalue weighted by molar-refractivity contribution is 5.81. The van der Waals surface area contributed by atoms with E-state index in [0.29, 0.717) is 17.8 Å². The summed E-state index contributed by atoms with van der Waals surface area (Å²) in [6.45, 7) is 3.58. The van der Waals surface area contributed by atoms with Gasteiger partial charge in [-0.1, -0.05) is 6.58 Å². The van der Waals surface area contributed by atoms with Crippen molar-refractivity contribution in [1.29, 1.82) is 0 Å². The van der Waals surface area contributed by atoms with Crippen LogP contribution >= 0.6 is 0 Å². The Morgan fingerprint density at radius 2 is 1.56 bits per heavy atom. The number of carbonyl (C=O) groups excluding carboxylic acids is 1. The van der Waals surface area contributed by atoms with Crippen LogP contribution in [0.25, 0.3) is 0 Å². The molecule has 0 spiro atoms. The van der Waals surface area contributed by atoms with Crippen molar-refractivity contribution in [3.63, 3.8) is 0 Å². The van der Waals surface area contributed by atoms with Crippen LogP contribution in [0.3, 0.4) is 0 Å². The summed E-state index contributed by atoms with van der Waals surface area (Å²) in [7, 11) is 0. The largest absolute Gasteiger partial charge is 0.455 e. The maximum atomic E-state index is 11.8. The molecule has 0 amide bonds. The Balaban J connectivity index is 1.69. The smallest absolute Gasteiger partial charge is 0.330 e. The molecule has 0 aromatic rings. The summed E-state index contributed by atoms with van der Waals surface area (Å²) >= 11 is 0. The second kappa shape index (κ2) is 3.61. The Morgan fingerprint density at radius 3 is 2.00 bits per heavy atom. The van der Waals surface area contributed by atoms with E-state index in [1.165, 1.54) is 51.0 Å². The molecule has 98 valence electrons. The molecule has 5 aliphatic carbocycles. The Kier molecular flexibility index (Phi) is 2.22. The molecule has 2 heteroatoms. The summed E-state index contributed by atoms with van der Waals surface area (Å²) < 4.78 is 6.03. The van der Waals surface area contributed by atoms with Crippen molar-refractivity contribution in [2.24, 2.45) is 29.6 Å². The van der Waals surface area contributed by atoms with Crippen LogP contribution in [0.2, 0.25) is 0 Å². The monoisotopic (exact) mass is 246 g/mol. The first kappa shape index (κ1) is 11.1. The first-order valence-corrected chi connectivity index (χ1v) is 7.57. The van der Waals surface area contributed by atoms with E-state index >= 15 is 0 Å². The van der Waals surface area contributed by atoms with Gasteiger partial charge in [-0.05, 0) is 74.5 Å². The number of hydrogen-bond acceptors (Lipinski definition) is 2. The van der Waals surface area contributed by atoms with E-state index in [0.717, 1.165) is 11.8 Å². The first-order valence-electron chi connectivity index (χ1n) is 7.57. The Labute approximate surface area is 109 Å². The van der Waals surface area contributed by atoms with Gasteiger partial charge in [0.05, 0.1) is 0 Å². The van der Waals surface area contributed by atoms with Crippen LogP contribution in [0.5, 0.6) is 0 Å². The van der Waals surface area contributed by atoms with E-state index in [2.05, 4.69) is 6.58 Å². The molecule has 5 aliphatic rings. The van der Waals surface area contributed by atoms with Crippen LogP contribution in [0, 0.1) is 29.6 Å². The van der Waals surface area contributed by atoms with Crippen LogP contribution in [-0.4, -0.2) is 11.6 Å². The van der Waals surface area contributed by atoms with Crippen LogP contribution in [0.15, 0.2) is 12.7 Å². The van der Waals surface area contributed by atoms with Crippen molar-refractivity contribution in [3.05, 3.63) is 12.7 Å². The normalized spacial score (nSPS) is 49.1. The third-order valence-corrected chi connectivity index (χ3v) is 6.07. The van der Waals surface area contributed by atoms with E-state index in [4.69, 9.17) is 4.74 Å². The van der Waals surface area contributed by atoms with Crippen molar-refractivity contribution in [1.82, 2.24) is 0 Å². The average molecular weight is 246 g/mol. The number of ether oxygens (including phenoxy) is 1. The highest BCUT2D eigenvalue weighted by Crippen LogP contribution is 2.65. The van der Waals surface area contributed by atoms with Crippen molar-refractivity contribution in [2.45, 2.75) is 50.5 Å². The van der Waals surface area contributed by atoms with Gasteiger partial charge in [0.15, 0.2) is 0 Å². The second-order valence-electron chi connectivity index (χ2n) is 7.06. The maximum Gasteiger partial charge on any atom is 0.330 e. The van der Waals surface area contributed by atoms with Gasteiger partial charge >= 0.3 is 5.97 Å². The van der Waals surface area contributed by atoms with Gasteiger partial charge in [-0.3, -0.25) is 0 Å². The van der Waals surface area contributed by atoms with E-state index in [-0.39, 0.29) is 11.6 Å². The zero-order chi connectivity index (χ0) is 12.3. The molecule has 0 aromatic carbocycles. The molecular weight excluding hydrogens is 224 g/mol. The lowest BCUT2D eigenvalue weighted by atomic mass is 9.48. The summed E-state index contributed by atoms with van der Waals surface area (Å²) in [4.78, 5) is 11.8. The van der Waals surface area contributed by atoms with Crippen LogP contribution in [0.4, 0.5) is 0 Å². The van der Waals surface area contributed by atoms with Crippen molar-refractivity contribution < 1.29 is 9.53 Å². The lowest BCUT2D eigenvalue weighted by Gasteiger charge is -2.60. The highest BCUT2D eigenvalue weighted by Gasteiger charge is 2.64. The number of hydrogen-bond donors (Lipinski definition) is 0. The lowest BCUT2D eigenvalue weighted by molar-refractivity contribution is -0.213. The molecule has 18 heavy (non-hydrogen) atoms. The van der Waals surface area contributed by atoms with Crippen LogP contribution < -0.4 is 0 Å². The van der Waals surface area contributed by atoms with Crippen molar-refractivity contribution in [3.8, 4) is 0 Å². The molecule has 0 N–H and O–H groups in total. The lowest BCUT2D eigenvalue weighted by Crippen LogP contribution is -2.60. The summed E-state index contributed by atoms with van der Waals surface area (Å²) in [6.07, 6.45) is 10.6. The molecular formula is C16H22O2. The molecule has 0 radical (unpaired) electrons. The summed E-state index contributed by atoms with van der Waals surface area (Å²) in [5.41, 5.74) is -0.0846. The molecule has 4 bridgehead atoms. The van der Waals surface area contributed by atoms with E-state index < -0.39 is 0 Å². The molecule has 0 heterocycles. The predicted octanol–water partition coefficient (Wildman–Crippen LogP) is 3.32. The predicted molar refractivity (Wildman–Crippen MR) is 68.8 cm³/mol. The molecule has 2 nitrogen and oxygen atoms in total. The topological polar surface area (TPSA) is 26.3 Å². The minimum atomic E-state index is -0.186. The minimum Gasteiger partial charge on any atom is -0.455 e. The third-order valence-electron chi connectivity index (χ3n) is 6.07. The summed E-state index contributed by atoms with van der Waals surface area (Å²) in [5, 5.41) is 0. The van der Waals surface area contributed by atoms with Gasteiger partial charge in [0, 0.05) is 6.08 Å².